The minimum absolute atomic E-state index is 0.770. The smallest absolute Gasteiger partial charge is 0.0705 e. The standard InChI is InChI=1S/C27H24N4/c1-3-10-26-21(7-1)12-14-24(29-26)19-31(18-16-23-9-5-6-17-28-23)20-25-15-13-22-8-2-4-11-27(22)30-25/h1-15,17H,16,18-20H2. The van der Waals surface area contributed by atoms with Gasteiger partial charge in [0.15, 0.2) is 0 Å². The quantitative estimate of drug-likeness (QED) is 0.363. The second kappa shape index (κ2) is 9.02. The molecule has 0 radical (unpaired) electrons. The van der Waals surface area contributed by atoms with Crippen LogP contribution >= 0.6 is 0 Å². The van der Waals surface area contributed by atoms with E-state index in [9.17, 15) is 0 Å². The lowest BCUT2D eigenvalue weighted by Crippen LogP contribution is -2.26. The van der Waals surface area contributed by atoms with Gasteiger partial charge in [-0.05, 0) is 36.4 Å². The summed E-state index contributed by atoms with van der Waals surface area (Å²) in [6.07, 6.45) is 2.75. The van der Waals surface area contributed by atoms with Gasteiger partial charge in [0, 0.05) is 48.7 Å². The molecular weight excluding hydrogens is 380 g/mol. The van der Waals surface area contributed by atoms with Crippen molar-refractivity contribution in [3.63, 3.8) is 0 Å². The fourth-order valence-corrected chi connectivity index (χ4v) is 3.88. The number of nitrogens with zero attached hydrogens (tertiary/aromatic N) is 4. The SMILES string of the molecule is c1ccc(CCN(Cc2ccc3ccccc3n2)Cc2ccc3ccccc3n2)nc1. The molecule has 0 atom stereocenters. The Bertz CT molecular complexity index is 1220. The van der Waals surface area contributed by atoms with Crippen LogP contribution in [0.5, 0.6) is 0 Å². The Hall–Kier alpha value is -3.63. The van der Waals surface area contributed by atoms with Crippen molar-refractivity contribution < 1.29 is 0 Å². The van der Waals surface area contributed by atoms with Crippen molar-refractivity contribution in [2.45, 2.75) is 19.5 Å². The number of hydrogen-bond donors (Lipinski definition) is 0. The van der Waals surface area contributed by atoms with Crippen molar-refractivity contribution in [1.82, 2.24) is 19.9 Å². The van der Waals surface area contributed by atoms with Gasteiger partial charge in [-0.2, -0.15) is 0 Å². The summed E-state index contributed by atoms with van der Waals surface area (Å²) in [5, 5.41) is 2.34. The largest absolute Gasteiger partial charge is 0.291 e. The van der Waals surface area contributed by atoms with Crippen LogP contribution in [0.3, 0.4) is 0 Å². The number of hydrogen-bond acceptors (Lipinski definition) is 4. The van der Waals surface area contributed by atoms with Crippen LogP contribution in [-0.4, -0.2) is 26.4 Å². The fraction of sp³-hybridized carbons (Fsp3) is 0.148. The predicted molar refractivity (Wildman–Crippen MR) is 126 cm³/mol. The van der Waals surface area contributed by atoms with Gasteiger partial charge in [0.25, 0.3) is 0 Å². The molecule has 3 aromatic heterocycles. The lowest BCUT2D eigenvalue weighted by atomic mass is 10.1. The Morgan fingerprint density at radius 3 is 1.71 bits per heavy atom. The maximum absolute atomic E-state index is 4.88. The number of benzene rings is 2. The highest BCUT2D eigenvalue weighted by Gasteiger charge is 2.11. The van der Waals surface area contributed by atoms with Gasteiger partial charge in [-0.25, -0.2) is 0 Å². The van der Waals surface area contributed by atoms with E-state index in [-0.39, 0.29) is 0 Å². The van der Waals surface area contributed by atoms with E-state index < -0.39 is 0 Å². The zero-order valence-electron chi connectivity index (χ0n) is 17.4. The first kappa shape index (κ1) is 19.3. The van der Waals surface area contributed by atoms with Gasteiger partial charge in [-0.3, -0.25) is 19.9 Å². The molecule has 3 heterocycles. The van der Waals surface area contributed by atoms with Crippen molar-refractivity contribution in [2.24, 2.45) is 0 Å². The van der Waals surface area contributed by atoms with Crippen molar-refractivity contribution in [2.75, 3.05) is 6.54 Å². The van der Waals surface area contributed by atoms with Gasteiger partial charge in [0.05, 0.1) is 22.4 Å². The van der Waals surface area contributed by atoms with Crippen molar-refractivity contribution in [1.29, 1.82) is 0 Å². The molecule has 2 aromatic carbocycles. The second-order valence-electron chi connectivity index (χ2n) is 7.77. The maximum atomic E-state index is 4.88. The Balaban J connectivity index is 1.39. The van der Waals surface area contributed by atoms with Gasteiger partial charge in [0.1, 0.15) is 0 Å². The van der Waals surface area contributed by atoms with E-state index in [1.54, 1.807) is 0 Å². The van der Waals surface area contributed by atoms with E-state index in [1.165, 1.54) is 10.8 Å². The predicted octanol–water partition coefficient (Wildman–Crippen LogP) is 5.42. The monoisotopic (exact) mass is 404 g/mol. The number of fused-ring (bicyclic) bond motifs is 2. The number of para-hydroxylation sites is 2. The Morgan fingerprint density at radius 2 is 1.13 bits per heavy atom. The third kappa shape index (κ3) is 4.76. The molecule has 0 spiro atoms. The highest BCUT2D eigenvalue weighted by Crippen LogP contribution is 2.16. The van der Waals surface area contributed by atoms with Crippen LogP contribution in [0.2, 0.25) is 0 Å². The van der Waals surface area contributed by atoms with Gasteiger partial charge in [-0.1, -0.05) is 54.6 Å². The summed E-state index contributed by atoms with van der Waals surface area (Å²) in [5.74, 6) is 0. The molecule has 0 saturated heterocycles. The minimum atomic E-state index is 0.770. The van der Waals surface area contributed by atoms with Crippen molar-refractivity contribution in [3.8, 4) is 0 Å². The number of rotatable bonds is 7. The average Bonchev–Trinajstić information content (AvgIpc) is 2.83. The van der Waals surface area contributed by atoms with E-state index in [4.69, 9.17) is 9.97 Å². The molecule has 31 heavy (non-hydrogen) atoms. The molecule has 0 aliphatic heterocycles. The Kier molecular flexibility index (Phi) is 5.63. The zero-order chi connectivity index (χ0) is 20.9. The normalized spacial score (nSPS) is 11.4. The number of aromatic nitrogens is 3. The lowest BCUT2D eigenvalue weighted by molar-refractivity contribution is 0.253. The first-order valence-corrected chi connectivity index (χ1v) is 10.7. The maximum Gasteiger partial charge on any atom is 0.0705 e. The fourth-order valence-electron chi connectivity index (χ4n) is 3.88. The lowest BCUT2D eigenvalue weighted by Gasteiger charge is -2.22. The van der Waals surface area contributed by atoms with E-state index >= 15 is 0 Å². The van der Waals surface area contributed by atoms with Crippen molar-refractivity contribution in [3.05, 3.63) is 114 Å². The Labute approximate surface area is 182 Å². The van der Waals surface area contributed by atoms with Crippen LogP contribution in [0, 0.1) is 0 Å². The van der Waals surface area contributed by atoms with E-state index in [0.29, 0.717) is 0 Å². The molecule has 0 unspecified atom stereocenters. The van der Waals surface area contributed by atoms with Crippen LogP contribution in [0.4, 0.5) is 0 Å². The van der Waals surface area contributed by atoms with Gasteiger partial charge < -0.3 is 0 Å². The summed E-state index contributed by atoms with van der Waals surface area (Å²) in [7, 11) is 0. The van der Waals surface area contributed by atoms with E-state index in [1.807, 2.05) is 42.6 Å². The Morgan fingerprint density at radius 1 is 0.548 bits per heavy atom. The number of pyridine rings is 3. The van der Waals surface area contributed by atoms with Crippen LogP contribution < -0.4 is 0 Å². The molecular formula is C27H24N4. The van der Waals surface area contributed by atoms with Gasteiger partial charge in [-0.15, -0.1) is 0 Å². The summed E-state index contributed by atoms with van der Waals surface area (Å²) in [5.41, 5.74) is 5.31. The summed E-state index contributed by atoms with van der Waals surface area (Å²) in [6, 6.07) is 31.2. The first-order chi connectivity index (χ1) is 15.3. The molecule has 5 aromatic rings. The topological polar surface area (TPSA) is 41.9 Å². The molecule has 4 nitrogen and oxygen atoms in total. The van der Waals surface area contributed by atoms with Gasteiger partial charge >= 0.3 is 0 Å². The average molecular weight is 405 g/mol. The second-order valence-corrected chi connectivity index (χ2v) is 7.77. The third-order valence-corrected chi connectivity index (χ3v) is 5.49. The summed E-state index contributed by atoms with van der Waals surface area (Å²) in [6.45, 7) is 2.43. The van der Waals surface area contributed by atoms with Crippen LogP contribution in [0.1, 0.15) is 17.1 Å². The highest BCUT2D eigenvalue weighted by molar-refractivity contribution is 5.79. The van der Waals surface area contributed by atoms with Crippen LogP contribution in [0.25, 0.3) is 21.8 Å². The molecule has 0 aliphatic carbocycles. The van der Waals surface area contributed by atoms with E-state index in [0.717, 1.165) is 54.2 Å². The highest BCUT2D eigenvalue weighted by atomic mass is 15.1. The molecule has 4 heteroatoms. The van der Waals surface area contributed by atoms with Crippen LogP contribution in [0.15, 0.2) is 97.2 Å². The molecule has 0 bridgehead atoms. The summed E-state index contributed by atoms with van der Waals surface area (Å²) >= 11 is 0. The minimum Gasteiger partial charge on any atom is -0.291 e. The molecule has 5 rings (SSSR count). The molecule has 0 fully saturated rings. The molecule has 0 N–H and O–H groups in total. The van der Waals surface area contributed by atoms with E-state index in [2.05, 4.69) is 64.5 Å². The third-order valence-electron chi connectivity index (χ3n) is 5.49. The molecule has 152 valence electrons. The molecule has 0 amide bonds. The first-order valence-electron chi connectivity index (χ1n) is 10.7. The molecule has 0 saturated carbocycles. The molecule has 0 aliphatic rings. The zero-order valence-corrected chi connectivity index (χ0v) is 17.4. The van der Waals surface area contributed by atoms with Crippen LogP contribution in [-0.2, 0) is 19.5 Å². The summed E-state index contributed by atoms with van der Waals surface area (Å²) in [4.78, 5) is 16.7. The summed E-state index contributed by atoms with van der Waals surface area (Å²) < 4.78 is 0. The van der Waals surface area contributed by atoms with Crippen molar-refractivity contribution >= 4 is 21.8 Å². The van der Waals surface area contributed by atoms with Gasteiger partial charge in [0.2, 0.25) is 0 Å².